The van der Waals surface area contributed by atoms with Crippen LogP contribution in [0.5, 0.6) is 0 Å². The van der Waals surface area contributed by atoms with E-state index >= 15 is 0 Å². The van der Waals surface area contributed by atoms with Crippen molar-refractivity contribution in [2.45, 2.75) is 65.1 Å². The average Bonchev–Trinajstić information content (AvgIpc) is 2.71. The van der Waals surface area contributed by atoms with Crippen LogP contribution in [0.4, 0.5) is 0 Å². The number of aliphatic hydroxyl groups excluding tert-OH is 1. The van der Waals surface area contributed by atoms with Crippen molar-refractivity contribution in [1.29, 1.82) is 0 Å². The molecule has 0 aromatic rings. The van der Waals surface area contributed by atoms with Crippen molar-refractivity contribution in [3.8, 4) is 0 Å². The number of Topliss-reactive ketones (excluding diaryl/α,β-unsaturated/α-hetero) is 1. The monoisotopic (exact) mass is 488 g/mol. The molecule has 33 heavy (non-hydrogen) atoms. The fraction of sp³-hybridized carbons (Fsp3) is 0.714. The molecule has 0 unspecified atom stereocenters. The van der Waals surface area contributed by atoms with Crippen molar-refractivity contribution in [3.63, 3.8) is 0 Å². The second-order valence-electron chi connectivity index (χ2n) is 8.40. The fourth-order valence-corrected chi connectivity index (χ4v) is 3.47. The normalized spacial score (nSPS) is 21.3. The topological polar surface area (TPSA) is 165 Å². The number of ether oxygens (including phenoxy) is 2. The third-order valence-electron chi connectivity index (χ3n) is 4.55. The van der Waals surface area contributed by atoms with E-state index in [0.717, 1.165) is 11.8 Å². The minimum Gasteiger partial charge on any atom is -0.465 e. The van der Waals surface area contributed by atoms with Gasteiger partial charge in [-0.15, -0.1) is 0 Å². The van der Waals surface area contributed by atoms with Crippen molar-refractivity contribution in [3.05, 3.63) is 0 Å². The van der Waals surface area contributed by atoms with Crippen LogP contribution in [0.2, 0.25) is 0 Å². The summed E-state index contributed by atoms with van der Waals surface area (Å²) < 4.78 is 10.5. The Labute approximate surface area is 196 Å². The van der Waals surface area contributed by atoms with E-state index in [-0.39, 0.29) is 62.8 Å². The van der Waals surface area contributed by atoms with E-state index in [2.05, 4.69) is 10.6 Å². The van der Waals surface area contributed by atoms with Gasteiger partial charge in [-0.1, -0.05) is 25.6 Å². The molecule has 1 aliphatic rings. The van der Waals surface area contributed by atoms with E-state index in [9.17, 15) is 33.9 Å². The summed E-state index contributed by atoms with van der Waals surface area (Å²) in [5.41, 5.74) is -1.16. The highest BCUT2D eigenvalue weighted by Crippen LogP contribution is 2.25. The quantitative estimate of drug-likeness (QED) is 0.351. The van der Waals surface area contributed by atoms with E-state index in [4.69, 9.17) is 9.47 Å². The number of amides is 2. The number of ketones is 1. The minimum atomic E-state index is -1.38. The SMILES string of the molecule is C[C@@H](O)CC(=O)OCC(C)(C)[C@H]1OC(=O)CCC(=O)CC(=O)SCCNC(=O)CCNC1=O. The second-order valence-corrected chi connectivity index (χ2v) is 9.55. The third kappa shape index (κ3) is 11.8. The molecule has 1 aliphatic heterocycles. The first-order valence-corrected chi connectivity index (χ1v) is 11.6. The maximum atomic E-state index is 12.8. The first kappa shape index (κ1) is 28.6. The average molecular weight is 489 g/mol. The Bertz CT molecular complexity index is 752. The van der Waals surface area contributed by atoms with Gasteiger partial charge in [0.25, 0.3) is 5.91 Å². The van der Waals surface area contributed by atoms with Gasteiger partial charge in [0, 0.05) is 37.1 Å². The van der Waals surface area contributed by atoms with Gasteiger partial charge < -0.3 is 25.2 Å². The van der Waals surface area contributed by atoms with Crippen LogP contribution in [0.3, 0.4) is 0 Å². The summed E-state index contributed by atoms with van der Waals surface area (Å²) in [6.07, 6.45) is -3.44. The molecule has 3 N–H and O–H groups in total. The molecular formula is C21H32N2O9S. The molecule has 0 radical (unpaired) electrons. The molecule has 0 aromatic heterocycles. The van der Waals surface area contributed by atoms with E-state index in [1.165, 1.54) is 6.92 Å². The second kappa shape index (κ2) is 13.9. The Morgan fingerprint density at radius 2 is 1.85 bits per heavy atom. The molecule has 0 saturated carbocycles. The Kier molecular flexibility index (Phi) is 12.1. The number of nitrogens with one attached hydrogen (secondary N) is 2. The molecule has 12 heteroatoms. The van der Waals surface area contributed by atoms with Crippen molar-refractivity contribution in [1.82, 2.24) is 10.6 Å². The zero-order valence-corrected chi connectivity index (χ0v) is 20.0. The molecular weight excluding hydrogens is 456 g/mol. The van der Waals surface area contributed by atoms with Crippen molar-refractivity contribution in [2.75, 3.05) is 25.4 Å². The summed E-state index contributed by atoms with van der Waals surface area (Å²) in [4.78, 5) is 72.6. The summed E-state index contributed by atoms with van der Waals surface area (Å²) in [5, 5.41) is 14.1. The van der Waals surface area contributed by atoms with Crippen LogP contribution in [0.15, 0.2) is 0 Å². The van der Waals surface area contributed by atoms with Gasteiger partial charge in [0.1, 0.15) is 12.4 Å². The van der Waals surface area contributed by atoms with Gasteiger partial charge in [0.2, 0.25) is 5.91 Å². The van der Waals surface area contributed by atoms with Crippen LogP contribution < -0.4 is 10.6 Å². The molecule has 2 atom stereocenters. The largest absolute Gasteiger partial charge is 0.465 e. The first-order chi connectivity index (χ1) is 15.4. The molecule has 0 spiro atoms. The standard InChI is InChI=1S/C21H32N2O9S/c1-13(24)10-17(28)31-12-21(2,3)19-20(30)23-7-6-15(26)22-8-9-33-18(29)11-14(25)4-5-16(27)32-19/h13,19,24H,4-12H2,1-3H3,(H,22,26)(H,23,30)/t13-,19+/m1/s1. The van der Waals surface area contributed by atoms with Crippen LogP contribution in [0, 0.1) is 5.41 Å². The number of carbonyl (C=O) groups is 6. The van der Waals surface area contributed by atoms with E-state index in [0.29, 0.717) is 5.75 Å². The van der Waals surface area contributed by atoms with E-state index in [1.54, 1.807) is 13.8 Å². The Balaban J connectivity index is 2.93. The fourth-order valence-electron chi connectivity index (χ4n) is 2.78. The highest BCUT2D eigenvalue weighted by Gasteiger charge is 2.40. The summed E-state index contributed by atoms with van der Waals surface area (Å²) >= 11 is 0.921. The van der Waals surface area contributed by atoms with Crippen LogP contribution in [0.1, 0.15) is 52.9 Å². The number of thioether (sulfide) groups is 1. The lowest BCUT2D eigenvalue weighted by Crippen LogP contribution is -2.49. The third-order valence-corrected chi connectivity index (χ3v) is 5.43. The van der Waals surface area contributed by atoms with E-state index in [1.807, 2.05) is 0 Å². The first-order valence-electron chi connectivity index (χ1n) is 10.7. The smallest absolute Gasteiger partial charge is 0.308 e. The number of carbonyl (C=O) groups excluding carboxylic acids is 6. The van der Waals surface area contributed by atoms with Gasteiger partial charge in [-0.25, -0.2) is 0 Å². The molecule has 0 aromatic carbocycles. The molecule has 0 aliphatic carbocycles. The van der Waals surface area contributed by atoms with Gasteiger partial charge in [0.15, 0.2) is 11.2 Å². The van der Waals surface area contributed by atoms with Crippen LogP contribution in [-0.2, 0) is 38.2 Å². The number of rotatable bonds is 5. The summed E-state index contributed by atoms with van der Waals surface area (Å²) in [5.74, 6) is -2.67. The maximum absolute atomic E-state index is 12.8. The summed E-state index contributed by atoms with van der Waals surface area (Å²) in [6, 6.07) is 0. The lowest BCUT2D eigenvalue weighted by atomic mass is 9.86. The van der Waals surface area contributed by atoms with Crippen molar-refractivity contribution < 1.29 is 43.3 Å². The van der Waals surface area contributed by atoms with Gasteiger partial charge in [-0.05, 0) is 6.92 Å². The van der Waals surface area contributed by atoms with Crippen LogP contribution >= 0.6 is 11.8 Å². The number of cyclic esters (lactones) is 1. The summed E-state index contributed by atoms with van der Waals surface area (Å²) in [6.45, 7) is 4.45. The maximum Gasteiger partial charge on any atom is 0.308 e. The minimum absolute atomic E-state index is 0.0266. The highest BCUT2D eigenvalue weighted by molar-refractivity contribution is 8.13. The lowest BCUT2D eigenvalue weighted by molar-refractivity contribution is -0.169. The molecule has 186 valence electrons. The Hall–Kier alpha value is -2.47. The van der Waals surface area contributed by atoms with Gasteiger partial charge in [0.05, 0.1) is 25.4 Å². The Morgan fingerprint density at radius 1 is 1.15 bits per heavy atom. The molecule has 1 rings (SSSR count). The van der Waals surface area contributed by atoms with E-state index < -0.39 is 41.3 Å². The molecule has 11 nitrogen and oxygen atoms in total. The van der Waals surface area contributed by atoms with Gasteiger partial charge in [-0.2, -0.15) is 0 Å². The predicted molar refractivity (Wildman–Crippen MR) is 118 cm³/mol. The van der Waals surface area contributed by atoms with Gasteiger partial charge in [-0.3, -0.25) is 28.8 Å². The van der Waals surface area contributed by atoms with Crippen molar-refractivity contribution >= 4 is 46.4 Å². The molecule has 1 fully saturated rings. The number of esters is 2. The number of hydrogen-bond donors (Lipinski definition) is 3. The Morgan fingerprint density at radius 3 is 2.52 bits per heavy atom. The molecule has 2 amide bonds. The molecule has 0 bridgehead atoms. The highest BCUT2D eigenvalue weighted by atomic mass is 32.2. The lowest BCUT2D eigenvalue weighted by Gasteiger charge is -2.32. The summed E-state index contributed by atoms with van der Waals surface area (Å²) in [7, 11) is 0. The van der Waals surface area contributed by atoms with Crippen LogP contribution in [0.25, 0.3) is 0 Å². The van der Waals surface area contributed by atoms with Gasteiger partial charge >= 0.3 is 11.9 Å². The zero-order valence-electron chi connectivity index (χ0n) is 19.1. The zero-order chi connectivity index (χ0) is 25.0. The number of aliphatic hydroxyl groups is 1. The van der Waals surface area contributed by atoms with Crippen molar-refractivity contribution in [2.24, 2.45) is 5.41 Å². The predicted octanol–water partition coefficient (Wildman–Crippen LogP) is -0.126. The number of hydrogen-bond acceptors (Lipinski definition) is 10. The molecule has 1 saturated heterocycles. The van der Waals surface area contributed by atoms with Crippen LogP contribution in [-0.4, -0.2) is 77.4 Å². The molecule has 1 heterocycles.